The number of aromatic hydroxyl groups is 1. The maximum absolute atomic E-state index is 13.1. The summed E-state index contributed by atoms with van der Waals surface area (Å²) in [6.45, 7) is 0.249. The molecular formula is C13H10ClFN2O3. The van der Waals surface area contributed by atoms with Crippen LogP contribution in [0, 0.1) is 15.9 Å². The van der Waals surface area contributed by atoms with Crippen LogP contribution in [-0.4, -0.2) is 10.0 Å². The van der Waals surface area contributed by atoms with Gasteiger partial charge in [0.25, 0.3) is 5.69 Å². The van der Waals surface area contributed by atoms with Gasteiger partial charge in [0.2, 0.25) is 0 Å². The lowest BCUT2D eigenvalue weighted by Crippen LogP contribution is -2.00. The summed E-state index contributed by atoms with van der Waals surface area (Å²) in [5.41, 5.74) is 0.918. The minimum Gasteiger partial charge on any atom is -0.508 e. The molecule has 0 bridgehead atoms. The Labute approximate surface area is 118 Å². The zero-order chi connectivity index (χ0) is 14.7. The Morgan fingerprint density at radius 3 is 2.65 bits per heavy atom. The van der Waals surface area contributed by atoms with E-state index in [1.807, 2.05) is 0 Å². The van der Waals surface area contributed by atoms with E-state index in [9.17, 15) is 19.6 Å². The highest BCUT2D eigenvalue weighted by Crippen LogP contribution is 2.27. The smallest absolute Gasteiger partial charge is 0.288 e. The van der Waals surface area contributed by atoms with Gasteiger partial charge in [0.05, 0.1) is 4.92 Å². The predicted molar refractivity (Wildman–Crippen MR) is 73.5 cm³/mol. The molecule has 20 heavy (non-hydrogen) atoms. The summed E-state index contributed by atoms with van der Waals surface area (Å²) in [6, 6.07) is 7.91. The van der Waals surface area contributed by atoms with E-state index in [1.54, 1.807) is 0 Å². The van der Waals surface area contributed by atoms with Crippen molar-refractivity contribution in [2.45, 2.75) is 6.54 Å². The molecule has 0 fully saturated rings. The molecule has 0 saturated carbocycles. The van der Waals surface area contributed by atoms with Crippen LogP contribution in [0.15, 0.2) is 36.4 Å². The largest absolute Gasteiger partial charge is 0.508 e. The Balaban J connectivity index is 2.11. The molecule has 0 unspecified atom stereocenters. The van der Waals surface area contributed by atoms with E-state index >= 15 is 0 Å². The number of nitro groups is 1. The van der Waals surface area contributed by atoms with E-state index in [-0.39, 0.29) is 23.0 Å². The molecule has 2 aromatic carbocycles. The fraction of sp³-hybridized carbons (Fsp3) is 0.0769. The lowest BCUT2D eigenvalue weighted by atomic mass is 10.2. The third kappa shape index (κ3) is 3.36. The molecule has 0 aliphatic heterocycles. The van der Waals surface area contributed by atoms with Crippen LogP contribution in [0.2, 0.25) is 5.02 Å². The molecule has 0 heterocycles. The molecule has 104 valence electrons. The molecule has 0 aromatic heterocycles. The van der Waals surface area contributed by atoms with E-state index < -0.39 is 10.7 Å². The second-order valence-electron chi connectivity index (χ2n) is 4.09. The van der Waals surface area contributed by atoms with E-state index in [0.717, 1.165) is 6.07 Å². The van der Waals surface area contributed by atoms with Crippen LogP contribution >= 0.6 is 11.6 Å². The van der Waals surface area contributed by atoms with Gasteiger partial charge in [-0.05, 0) is 29.8 Å². The molecule has 0 aliphatic rings. The van der Waals surface area contributed by atoms with E-state index in [4.69, 9.17) is 11.6 Å². The van der Waals surface area contributed by atoms with Gasteiger partial charge in [-0.25, -0.2) is 4.39 Å². The first kappa shape index (κ1) is 14.1. The highest BCUT2D eigenvalue weighted by Gasteiger charge is 2.11. The third-order valence-electron chi connectivity index (χ3n) is 2.58. The third-order valence-corrected chi connectivity index (χ3v) is 2.89. The molecule has 0 spiro atoms. The number of phenolic OH excluding ortho intramolecular Hbond substituents is 1. The SMILES string of the molecule is O=[N+]([O-])c1ccc(NCc2cc(O)cc(F)c2)cc1Cl. The number of anilines is 1. The van der Waals surface area contributed by atoms with Gasteiger partial charge in [0.15, 0.2) is 0 Å². The average molecular weight is 297 g/mol. The van der Waals surface area contributed by atoms with Crippen LogP contribution in [-0.2, 0) is 6.54 Å². The Bertz CT molecular complexity index is 644. The first-order chi connectivity index (χ1) is 9.45. The number of rotatable bonds is 4. The van der Waals surface area contributed by atoms with Gasteiger partial charge in [-0.3, -0.25) is 10.1 Å². The van der Waals surface area contributed by atoms with Crippen LogP contribution in [0.3, 0.4) is 0 Å². The Kier molecular flexibility index (Phi) is 4.05. The maximum atomic E-state index is 13.1. The van der Waals surface area contributed by atoms with Crippen molar-refractivity contribution in [1.82, 2.24) is 0 Å². The maximum Gasteiger partial charge on any atom is 0.288 e. The topological polar surface area (TPSA) is 75.4 Å². The molecule has 0 aliphatic carbocycles. The van der Waals surface area contributed by atoms with E-state index in [1.165, 1.54) is 30.3 Å². The lowest BCUT2D eigenvalue weighted by Gasteiger charge is -2.07. The average Bonchev–Trinajstić information content (AvgIpc) is 2.35. The summed E-state index contributed by atoms with van der Waals surface area (Å²) < 4.78 is 13.1. The number of hydrogen-bond donors (Lipinski definition) is 2. The molecule has 2 rings (SSSR count). The Morgan fingerprint density at radius 2 is 2.05 bits per heavy atom. The fourth-order valence-corrected chi connectivity index (χ4v) is 1.95. The van der Waals surface area contributed by atoms with E-state index in [0.29, 0.717) is 11.3 Å². The first-order valence-electron chi connectivity index (χ1n) is 5.62. The number of halogens is 2. The van der Waals surface area contributed by atoms with Crippen LogP contribution in [0.5, 0.6) is 5.75 Å². The van der Waals surface area contributed by atoms with Gasteiger partial charge >= 0.3 is 0 Å². The lowest BCUT2D eigenvalue weighted by molar-refractivity contribution is -0.384. The first-order valence-corrected chi connectivity index (χ1v) is 6.00. The molecule has 0 atom stereocenters. The summed E-state index contributed by atoms with van der Waals surface area (Å²) in [5.74, 6) is -0.702. The minimum atomic E-state index is -0.573. The van der Waals surface area contributed by atoms with Crippen molar-refractivity contribution in [1.29, 1.82) is 0 Å². The van der Waals surface area contributed by atoms with Crippen molar-refractivity contribution in [3.8, 4) is 5.75 Å². The van der Waals surface area contributed by atoms with Crippen molar-refractivity contribution in [2.24, 2.45) is 0 Å². The van der Waals surface area contributed by atoms with Crippen molar-refractivity contribution < 1.29 is 14.4 Å². The standard InChI is InChI=1S/C13H10ClFN2O3/c14-12-6-10(1-2-13(12)17(19)20)16-7-8-3-9(15)5-11(18)4-8/h1-6,16,18H,7H2. The van der Waals surface area contributed by atoms with Crippen LogP contribution < -0.4 is 5.32 Å². The van der Waals surface area contributed by atoms with Gasteiger partial charge in [-0.1, -0.05) is 11.6 Å². The monoisotopic (exact) mass is 296 g/mol. The summed E-state index contributed by atoms with van der Waals surface area (Å²) in [5, 5.41) is 22.8. The number of nitrogens with zero attached hydrogens (tertiary/aromatic N) is 1. The minimum absolute atomic E-state index is 0.0158. The number of nitrogens with one attached hydrogen (secondary N) is 1. The van der Waals surface area contributed by atoms with Crippen molar-refractivity contribution in [3.63, 3.8) is 0 Å². The normalized spacial score (nSPS) is 10.3. The molecule has 2 N–H and O–H groups in total. The second kappa shape index (κ2) is 5.75. The van der Waals surface area contributed by atoms with Gasteiger partial charge in [0.1, 0.15) is 16.6 Å². The van der Waals surface area contributed by atoms with Gasteiger partial charge in [-0.2, -0.15) is 0 Å². The fourth-order valence-electron chi connectivity index (χ4n) is 1.70. The summed E-state index contributed by atoms with van der Waals surface area (Å²) in [4.78, 5) is 10.0. The molecular weight excluding hydrogens is 287 g/mol. The van der Waals surface area contributed by atoms with Crippen LogP contribution in [0.1, 0.15) is 5.56 Å². The van der Waals surface area contributed by atoms with Gasteiger partial charge in [-0.15, -0.1) is 0 Å². The zero-order valence-electron chi connectivity index (χ0n) is 10.1. The molecule has 5 nitrogen and oxygen atoms in total. The van der Waals surface area contributed by atoms with Crippen molar-refractivity contribution >= 4 is 23.0 Å². The highest BCUT2D eigenvalue weighted by molar-refractivity contribution is 6.32. The molecule has 2 aromatic rings. The molecule has 0 radical (unpaired) electrons. The quantitative estimate of drug-likeness (QED) is 0.666. The molecule has 7 heteroatoms. The number of nitro benzene ring substituents is 1. The zero-order valence-corrected chi connectivity index (χ0v) is 10.9. The van der Waals surface area contributed by atoms with Crippen LogP contribution in [0.25, 0.3) is 0 Å². The predicted octanol–water partition coefficient (Wildman–Crippen LogP) is 3.71. The summed E-state index contributed by atoms with van der Waals surface area (Å²) >= 11 is 5.77. The Hall–Kier alpha value is -2.34. The molecule has 0 amide bonds. The number of phenols is 1. The van der Waals surface area contributed by atoms with Gasteiger partial charge < -0.3 is 10.4 Å². The number of benzene rings is 2. The van der Waals surface area contributed by atoms with Crippen LogP contribution in [0.4, 0.5) is 15.8 Å². The highest BCUT2D eigenvalue weighted by atomic mass is 35.5. The van der Waals surface area contributed by atoms with Gasteiger partial charge in [0, 0.05) is 24.4 Å². The number of hydrogen-bond acceptors (Lipinski definition) is 4. The second-order valence-corrected chi connectivity index (χ2v) is 4.50. The summed E-state index contributed by atoms with van der Waals surface area (Å²) in [6.07, 6.45) is 0. The van der Waals surface area contributed by atoms with Crippen molar-refractivity contribution in [3.05, 3.63) is 62.9 Å². The Morgan fingerprint density at radius 1 is 1.30 bits per heavy atom. The van der Waals surface area contributed by atoms with E-state index in [2.05, 4.69) is 5.32 Å². The van der Waals surface area contributed by atoms with Crippen molar-refractivity contribution in [2.75, 3.05) is 5.32 Å². The molecule has 0 saturated heterocycles. The summed E-state index contributed by atoms with van der Waals surface area (Å²) in [7, 11) is 0.